The van der Waals surface area contributed by atoms with E-state index in [1.165, 1.54) is 6.21 Å². The molecule has 0 aliphatic heterocycles. The lowest BCUT2D eigenvalue weighted by Crippen LogP contribution is -2.32. The van der Waals surface area contributed by atoms with Gasteiger partial charge in [0.25, 0.3) is 11.8 Å². The quantitative estimate of drug-likeness (QED) is 0.328. The van der Waals surface area contributed by atoms with Crippen LogP contribution in [0, 0.1) is 0 Å². The molecule has 0 spiro atoms. The number of nitrogens with zero attached hydrogens (tertiary/aromatic N) is 1. The van der Waals surface area contributed by atoms with Gasteiger partial charge in [-0.1, -0.05) is 48.5 Å². The van der Waals surface area contributed by atoms with Crippen LogP contribution >= 0.6 is 0 Å². The Morgan fingerprint density at radius 1 is 0.909 bits per heavy atom. The monoisotopic (exact) mass is 444 g/mol. The molecule has 168 valence electrons. The summed E-state index contributed by atoms with van der Waals surface area (Å²) in [6.45, 7) is -0.202. The van der Waals surface area contributed by atoms with Gasteiger partial charge in [-0.25, -0.2) is 5.43 Å². The number of carbonyl (C=O) groups excluding carboxylic acids is 3. The van der Waals surface area contributed by atoms with E-state index < -0.39 is 11.9 Å². The minimum absolute atomic E-state index is 0.0137. The molecular formula is C25H24N4O4. The van der Waals surface area contributed by atoms with E-state index in [9.17, 15) is 14.4 Å². The van der Waals surface area contributed by atoms with Crippen LogP contribution in [0.2, 0.25) is 0 Å². The van der Waals surface area contributed by atoms with Gasteiger partial charge in [0.2, 0.25) is 5.91 Å². The molecule has 4 N–H and O–H groups in total. The molecule has 0 bridgehead atoms. The molecule has 33 heavy (non-hydrogen) atoms. The molecule has 0 heterocycles. The molecule has 8 nitrogen and oxygen atoms in total. The zero-order valence-electron chi connectivity index (χ0n) is 17.8. The third-order valence-electron chi connectivity index (χ3n) is 4.60. The number of ether oxygens (including phenoxy) is 1. The van der Waals surface area contributed by atoms with Crippen LogP contribution in [0.4, 0.5) is 0 Å². The first-order valence-electron chi connectivity index (χ1n) is 10.2. The highest BCUT2D eigenvalue weighted by Gasteiger charge is 2.19. The van der Waals surface area contributed by atoms with Crippen LogP contribution in [0.5, 0.6) is 5.75 Å². The topological polar surface area (TPSA) is 123 Å². The van der Waals surface area contributed by atoms with Gasteiger partial charge >= 0.3 is 0 Å². The number of nitrogens with one attached hydrogen (secondary N) is 2. The number of amides is 3. The fraction of sp³-hybridized carbons (Fsp3) is 0.120. The van der Waals surface area contributed by atoms with Gasteiger partial charge in [0.15, 0.2) is 6.61 Å². The van der Waals surface area contributed by atoms with Crippen molar-refractivity contribution in [3.05, 3.63) is 102 Å². The molecule has 0 fully saturated rings. The number of nitrogens with two attached hydrogens (primary N) is 1. The van der Waals surface area contributed by atoms with E-state index in [4.69, 9.17) is 10.5 Å². The number of hydrogen-bond donors (Lipinski definition) is 3. The van der Waals surface area contributed by atoms with Gasteiger partial charge in [-0.15, -0.1) is 0 Å². The molecule has 3 amide bonds. The average Bonchev–Trinajstić information content (AvgIpc) is 2.84. The molecule has 0 unspecified atom stereocenters. The Bertz CT molecular complexity index is 1100. The van der Waals surface area contributed by atoms with Gasteiger partial charge < -0.3 is 15.8 Å². The molecular weight excluding hydrogens is 420 g/mol. The highest BCUT2D eigenvalue weighted by molar-refractivity contribution is 5.94. The summed E-state index contributed by atoms with van der Waals surface area (Å²) >= 11 is 0. The Morgan fingerprint density at radius 2 is 1.55 bits per heavy atom. The Kier molecular flexibility index (Phi) is 8.30. The lowest BCUT2D eigenvalue weighted by molar-refractivity contribution is -0.121. The highest BCUT2D eigenvalue weighted by Crippen LogP contribution is 2.17. The predicted molar refractivity (Wildman–Crippen MR) is 125 cm³/mol. The maximum Gasteiger partial charge on any atom is 0.255 e. The van der Waals surface area contributed by atoms with E-state index in [2.05, 4.69) is 15.8 Å². The lowest BCUT2D eigenvalue weighted by Gasteiger charge is -2.18. The molecule has 0 aliphatic rings. The van der Waals surface area contributed by atoms with E-state index in [-0.39, 0.29) is 24.8 Å². The summed E-state index contributed by atoms with van der Waals surface area (Å²) < 4.78 is 5.19. The molecule has 3 aromatic rings. The lowest BCUT2D eigenvalue weighted by atomic mass is 10.0. The second kappa shape index (κ2) is 11.8. The molecule has 1 atom stereocenters. The summed E-state index contributed by atoms with van der Waals surface area (Å²) in [4.78, 5) is 35.9. The normalized spacial score (nSPS) is 11.5. The Labute approximate surface area is 191 Å². The minimum Gasteiger partial charge on any atom is -0.484 e. The van der Waals surface area contributed by atoms with Crippen molar-refractivity contribution < 1.29 is 19.1 Å². The van der Waals surface area contributed by atoms with Crippen molar-refractivity contribution in [3.8, 4) is 5.75 Å². The van der Waals surface area contributed by atoms with Crippen molar-refractivity contribution in [1.29, 1.82) is 0 Å². The smallest absolute Gasteiger partial charge is 0.255 e. The third kappa shape index (κ3) is 7.62. The summed E-state index contributed by atoms with van der Waals surface area (Å²) in [5.74, 6) is -0.679. The zero-order chi connectivity index (χ0) is 23.5. The number of benzene rings is 3. The van der Waals surface area contributed by atoms with Crippen LogP contribution in [0.15, 0.2) is 90.0 Å². The van der Waals surface area contributed by atoms with Crippen molar-refractivity contribution >= 4 is 23.9 Å². The van der Waals surface area contributed by atoms with E-state index in [1.54, 1.807) is 48.5 Å². The fourth-order valence-electron chi connectivity index (χ4n) is 2.98. The van der Waals surface area contributed by atoms with Crippen LogP contribution < -0.4 is 21.2 Å². The Hall–Kier alpha value is -4.46. The highest BCUT2D eigenvalue weighted by atomic mass is 16.5. The molecule has 0 aliphatic carbocycles. The van der Waals surface area contributed by atoms with E-state index in [1.807, 2.05) is 36.4 Å². The molecule has 0 radical (unpaired) electrons. The van der Waals surface area contributed by atoms with Gasteiger partial charge in [0, 0.05) is 5.56 Å². The summed E-state index contributed by atoms with van der Waals surface area (Å²) in [5, 5.41) is 6.89. The SMILES string of the molecule is NC(=O)COc1ccc(/C=N\NC(=O)C[C@H](NC(=O)c2ccccc2)c2ccccc2)cc1. The first-order valence-corrected chi connectivity index (χ1v) is 10.2. The van der Waals surface area contributed by atoms with E-state index in [0.717, 1.165) is 11.1 Å². The third-order valence-corrected chi connectivity index (χ3v) is 4.60. The standard InChI is InChI=1S/C25H24N4O4/c26-23(30)17-33-21-13-11-18(12-14-21)16-27-29-24(31)15-22(19-7-3-1-4-8-19)28-25(32)20-9-5-2-6-10-20/h1-14,16,22H,15,17H2,(H2,26,30)(H,28,32)(H,29,31)/b27-16-/t22-/m0/s1. The second-order valence-electron chi connectivity index (χ2n) is 7.12. The maximum absolute atomic E-state index is 12.6. The minimum atomic E-state index is -0.558. The summed E-state index contributed by atoms with van der Waals surface area (Å²) in [7, 11) is 0. The number of carbonyl (C=O) groups is 3. The zero-order valence-corrected chi connectivity index (χ0v) is 17.8. The second-order valence-corrected chi connectivity index (χ2v) is 7.12. The van der Waals surface area contributed by atoms with Crippen LogP contribution in [0.25, 0.3) is 0 Å². The number of hydrogen-bond acceptors (Lipinski definition) is 5. The van der Waals surface area contributed by atoms with E-state index in [0.29, 0.717) is 11.3 Å². The number of rotatable bonds is 10. The van der Waals surface area contributed by atoms with Gasteiger partial charge in [0.1, 0.15) is 5.75 Å². The summed E-state index contributed by atoms with van der Waals surface area (Å²) in [6, 6.07) is 24.4. The molecule has 3 rings (SSSR count). The first-order chi connectivity index (χ1) is 16.0. The molecule has 0 aromatic heterocycles. The van der Waals surface area contributed by atoms with E-state index >= 15 is 0 Å². The number of primary amides is 1. The van der Waals surface area contributed by atoms with Crippen molar-refractivity contribution in [2.45, 2.75) is 12.5 Å². The van der Waals surface area contributed by atoms with Crippen molar-refractivity contribution in [2.24, 2.45) is 10.8 Å². The van der Waals surface area contributed by atoms with Crippen molar-refractivity contribution in [2.75, 3.05) is 6.61 Å². The van der Waals surface area contributed by atoms with Crippen LogP contribution in [0.3, 0.4) is 0 Å². The van der Waals surface area contributed by atoms with Crippen LogP contribution in [0.1, 0.15) is 33.9 Å². The Morgan fingerprint density at radius 3 is 2.18 bits per heavy atom. The largest absolute Gasteiger partial charge is 0.484 e. The molecule has 0 saturated carbocycles. The molecule has 0 saturated heterocycles. The van der Waals surface area contributed by atoms with Gasteiger partial charge in [-0.3, -0.25) is 14.4 Å². The maximum atomic E-state index is 12.6. The van der Waals surface area contributed by atoms with Gasteiger partial charge in [0.05, 0.1) is 18.7 Å². The number of hydrazone groups is 1. The summed E-state index contributed by atoms with van der Waals surface area (Å²) in [5.41, 5.74) is 9.58. The predicted octanol–water partition coefficient (Wildman–Crippen LogP) is 2.56. The fourth-order valence-corrected chi connectivity index (χ4v) is 2.98. The van der Waals surface area contributed by atoms with Crippen molar-refractivity contribution in [3.63, 3.8) is 0 Å². The van der Waals surface area contributed by atoms with Crippen molar-refractivity contribution in [1.82, 2.24) is 10.7 Å². The van der Waals surface area contributed by atoms with Gasteiger partial charge in [-0.05, 0) is 47.5 Å². The average molecular weight is 444 g/mol. The molecule has 3 aromatic carbocycles. The summed E-state index contributed by atoms with van der Waals surface area (Å²) in [6.07, 6.45) is 1.50. The van der Waals surface area contributed by atoms with Crippen LogP contribution in [-0.2, 0) is 9.59 Å². The Balaban J connectivity index is 1.59. The molecule has 8 heteroatoms. The van der Waals surface area contributed by atoms with Crippen LogP contribution in [-0.4, -0.2) is 30.5 Å². The first kappa shape index (κ1) is 23.2. The van der Waals surface area contributed by atoms with Gasteiger partial charge in [-0.2, -0.15) is 5.10 Å².